The molecule has 0 radical (unpaired) electrons. The van der Waals surface area contributed by atoms with Gasteiger partial charge in [0.2, 0.25) is 5.91 Å². The van der Waals surface area contributed by atoms with Crippen LogP contribution in [-0.4, -0.2) is 32.2 Å². The summed E-state index contributed by atoms with van der Waals surface area (Å²) in [5.74, 6) is -1.68. The number of fused-ring (bicyclic) bond motifs is 1. The van der Waals surface area contributed by atoms with Gasteiger partial charge in [-0.2, -0.15) is 13.2 Å². The number of nitrogens with zero attached hydrogens (tertiary/aromatic N) is 2. The minimum atomic E-state index is -4.58. The Morgan fingerprint density at radius 3 is 2.35 bits per heavy atom. The zero-order chi connectivity index (χ0) is 24.8. The van der Waals surface area contributed by atoms with Gasteiger partial charge in [0.25, 0.3) is 5.56 Å². The smallest absolute Gasteiger partial charge is 0.416 e. The number of benzene rings is 1. The number of hydrogen-bond acceptors (Lipinski definition) is 4. The molecule has 0 spiro atoms. The third-order valence-corrected chi connectivity index (χ3v) is 6.73. The van der Waals surface area contributed by atoms with Crippen LogP contribution in [0.3, 0.4) is 0 Å². The highest BCUT2D eigenvalue weighted by molar-refractivity contribution is 5.86. The monoisotopic (exact) mass is 479 g/mol. The Morgan fingerprint density at radius 1 is 1.09 bits per heavy atom. The van der Waals surface area contributed by atoms with Crippen LogP contribution in [0.4, 0.5) is 13.2 Å². The van der Waals surface area contributed by atoms with Crippen LogP contribution in [0.2, 0.25) is 0 Å². The highest BCUT2D eigenvalue weighted by Gasteiger charge is 2.39. The van der Waals surface area contributed by atoms with E-state index in [2.05, 4.69) is 5.32 Å². The van der Waals surface area contributed by atoms with Gasteiger partial charge in [-0.05, 0) is 55.7 Å². The minimum Gasteiger partial charge on any atom is -0.477 e. The van der Waals surface area contributed by atoms with Crippen molar-refractivity contribution in [2.45, 2.75) is 69.8 Å². The van der Waals surface area contributed by atoms with Crippen LogP contribution in [-0.2, 0) is 17.4 Å². The van der Waals surface area contributed by atoms with E-state index in [1.54, 1.807) is 0 Å². The summed E-state index contributed by atoms with van der Waals surface area (Å²) in [7, 11) is 0. The van der Waals surface area contributed by atoms with Gasteiger partial charge in [0, 0.05) is 25.2 Å². The van der Waals surface area contributed by atoms with Crippen molar-refractivity contribution < 1.29 is 27.9 Å². The number of alkyl halides is 3. The number of amides is 1. The molecule has 1 atom stereocenters. The Balaban J connectivity index is 1.78. The molecule has 34 heavy (non-hydrogen) atoms. The minimum absolute atomic E-state index is 0.0146. The summed E-state index contributed by atoms with van der Waals surface area (Å²) in [4.78, 5) is 49.6. The molecule has 2 aromatic rings. The van der Waals surface area contributed by atoms with Crippen molar-refractivity contribution in [2.24, 2.45) is 0 Å². The summed E-state index contributed by atoms with van der Waals surface area (Å²) in [5, 5.41) is 12.4. The van der Waals surface area contributed by atoms with Gasteiger partial charge in [0.1, 0.15) is 5.56 Å². The van der Waals surface area contributed by atoms with Crippen LogP contribution in [0.25, 0.3) is 0 Å². The van der Waals surface area contributed by atoms with E-state index in [9.17, 15) is 37.5 Å². The molecule has 11 heteroatoms. The van der Waals surface area contributed by atoms with Crippen molar-refractivity contribution in [1.29, 1.82) is 0 Å². The number of hydrogen-bond donors (Lipinski definition) is 2. The van der Waals surface area contributed by atoms with Crippen LogP contribution in [0.1, 0.15) is 78.2 Å². The lowest BCUT2D eigenvalue weighted by Crippen LogP contribution is -2.46. The highest BCUT2D eigenvalue weighted by Crippen LogP contribution is 2.41. The first kappa shape index (κ1) is 23.8. The summed E-state index contributed by atoms with van der Waals surface area (Å²) in [6.45, 7) is 1.41. The maximum Gasteiger partial charge on any atom is 0.416 e. The lowest BCUT2D eigenvalue weighted by molar-refractivity contribution is -0.138. The summed E-state index contributed by atoms with van der Waals surface area (Å²) >= 11 is 0. The fraction of sp³-hybridized carbons (Fsp3) is 0.478. The van der Waals surface area contributed by atoms with Gasteiger partial charge in [-0.1, -0.05) is 12.1 Å². The molecule has 0 aliphatic heterocycles. The summed E-state index contributed by atoms with van der Waals surface area (Å²) in [5.41, 5.74) is -2.97. The van der Waals surface area contributed by atoms with E-state index in [0.29, 0.717) is 25.7 Å². The largest absolute Gasteiger partial charge is 0.477 e. The van der Waals surface area contributed by atoms with E-state index in [0.717, 1.165) is 16.8 Å². The van der Waals surface area contributed by atoms with E-state index in [1.807, 2.05) is 0 Å². The molecular weight excluding hydrogens is 455 g/mol. The molecule has 1 heterocycles. The normalized spacial score (nSPS) is 22.3. The lowest BCUT2D eigenvalue weighted by Gasteiger charge is -2.31. The van der Waals surface area contributed by atoms with E-state index in [-0.39, 0.29) is 35.9 Å². The van der Waals surface area contributed by atoms with E-state index < -0.39 is 46.6 Å². The van der Waals surface area contributed by atoms with Gasteiger partial charge in [-0.25, -0.2) is 9.59 Å². The standard InChI is InChI=1S/C23H24F3N3O5/c1-12(30)27-13-5-7-14(8-6-13)28-11-17(21(32)33)20(31)29(22(28)34)19-10-9-15-16(19)3-2-4-18(15)23(24,25)26/h2-4,11,13-14,19H,5-10H2,1H3,(H,27,30)(H,32,33). The molecule has 2 aliphatic rings. The van der Waals surface area contributed by atoms with E-state index >= 15 is 0 Å². The molecule has 182 valence electrons. The number of rotatable bonds is 4. The van der Waals surface area contributed by atoms with Crippen molar-refractivity contribution in [2.75, 3.05) is 0 Å². The second-order valence-electron chi connectivity index (χ2n) is 8.84. The van der Waals surface area contributed by atoms with Gasteiger partial charge in [-0.3, -0.25) is 18.7 Å². The number of carboxylic acids is 1. The number of carbonyl (C=O) groups is 2. The zero-order valence-electron chi connectivity index (χ0n) is 18.4. The Morgan fingerprint density at radius 2 is 1.76 bits per heavy atom. The number of halogens is 3. The average Bonchev–Trinajstić information content (AvgIpc) is 3.17. The first-order valence-electron chi connectivity index (χ1n) is 11.1. The number of aromatic carboxylic acids is 1. The lowest BCUT2D eigenvalue weighted by atomic mass is 9.91. The fourth-order valence-electron chi connectivity index (χ4n) is 5.23. The second-order valence-corrected chi connectivity index (χ2v) is 8.84. The molecule has 1 fully saturated rings. The maximum atomic E-state index is 13.5. The Kier molecular flexibility index (Phi) is 6.13. The third-order valence-electron chi connectivity index (χ3n) is 6.73. The van der Waals surface area contributed by atoms with Gasteiger partial charge >= 0.3 is 17.8 Å². The number of carbonyl (C=O) groups excluding carboxylic acids is 1. The third kappa shape index (κ3) is 4.26. The maximum absolute atomic E-state index is 13.5. The van der Waals surface area contributed by atoms with Gasteiger partial charge in [-0.15, -0.1) is 0 Å². The average molecular weight is 479 g/mol. The predicted molar refractivity (Wildman–Crippen MR) is 115 cm³/mol. The Labute approximate surface area is 192 Å². The van der Waals surface area contributed by atoms with Crippen molar-refractivity contribution in [3.63, 3.8) is 0 Å². The molecule has 1 saturated carbocycles. The van der Waals surface area contributed by atoms with Crippen LogP contribution < -0.4 is 16.6 Å². The van der Waals surface area contributed by atoms with E-state index in [1.165, 1.54) is 23.6 Å². The van der Waals surface area contributed by atoms with Crippen LogP contribution >= 0.6 is 0 Å². The molecule has 1 amide bonds. The first-order chi connectivity index (χ1) is 16.0. The van der Waals surface area contributed by atoms with Crippen LogP contribution in [0.5, 0.6) is 0 Å². The molecule has 8 nitrogen and oxygen atoms in total. The highest BCUT2D eigenvalue weighted by atomic mass is 19.4. The molecule has 1 unspecified atom stereocenters. The molecule has 4 rings (SSSR count). The Hall–Kier alpha value is -3.37. The van der Waals surface area contributed by atoms with Crippen molar-refractivity contribution in [3.05, 3.63) is 67.5 Å². The number of aromatic nitrogens is 2. The summed E-state index contributed by atoms with van der Waals surface area (Å²) in [6.07, 6.45) is -1.37. The van der Waals surface area contributed by atoms with Gasteiger partial charge in [0.05, 0.1) is 11.6 Å². The summed E-state index contributed by atoms with van der Waals surface area (Å²) in [6, 6.07) is 2.20. The fourth-order valence-corrected chi connectivity index (χ4v) is 5.23. The van der Waals surface area contributed by atoms with Gasteiger partial charge in [0.15, 0.2) is 0 Å². The zero-order valence-corrected chi connectivity index (χ0v) is 18.4. The van der Waals surface area contributed by atoms with Crippen LogP contribution in [0, 0.1) is 0 Å². The second kappa shape index (κ2) is 8.77. The molecular formula is C23H24F3N3O5. The van der Waals surface area contributed by atoms with E-state index in [4.69, 9.17) is 0 Å². The molecule has 1 aromatic carbocycles. The van der Waals surface area contributed by atoms with Crippen molar-refractivity contribution in [1.82, 2.24) is 14.5 Å². The predicted octanol–water partition coefficient (Wildman–Crippen LogP) is 2.88. The molecule has 0 bridgehead atoms. The van der Waals surface area contributed by atoms with Crippen molar-refractivity contribution >= 4 is 11.9 Å². The Bertz CT molecular complexity index is 1260. The number of carboxylic acid groups (broad SMARTS) is 1. The van der Waals surface area contributed by atoms with Gasteiger partial charge < -0.3 is 10.4 Å². The first-order valence-corrected chi connectivity index (χ1v) is 11.1. The van der Waals surface area contributed by atoms with Crippen LogP contribution in [0.15, 0.2) is 34.0 Å². The number of nitrogens with one attached hydrogen (secondary N) is 1. The molecule has 1 aromatic heterocycles. The topological polar surface area (TPSA) is 110 Å². The summed E-state index contributed by atoms with van der Waals surface area (Å²) < 4.78 is 42.5. The SMILES string of the molecule is CC(=O)NC1CCC(n2cc(C(=O)O)c(=O)n(C3CCc4c3cccc4C(F)(F)F)c2=O)CC1. The molecule has 0 saturated heterocycles. The molecule has 2 N–H and O–H groups in total. The molecule has 2 aliphatic carbocycles. The van der Waals surface area contributed by atoms with Crippen molar-refractivity contribution in [3.8, 4) is 0 Å². The quantitative estimate of drug-likeness (QED) is 0.701.